The van der Waals surface area contributed by atoms with Crippen molar-refractivity contribution in [2.75, 3.05) is 26.5 Å². The van der Waals surface area contributed by atoms with Crippen LogP contribution >= 0.6 is 0 Å². The molecule has 0 aromatic carbocycles. The van der Waals surface area contributed by atoms with Crippen LogP contribution in [0.1, 0.15) is 6.92 Å². The smallest absolute Gasteiger partial charge is 0.221 e. The first kappa shape index (κ1) is 19.2. The lowest BCUT2D eigenvalue weighted by molar-refractivity contribution is -0.114. The number of nitrogens with two attached hydrogens (primary N) is 3. The Labute approximate surface area is 90.4 Å². The molecule has 7 nitrogen and oxygen atoms in total. The zero-order valence-corrected chi connectivity index (χ0v) is 9.74. The predicted molar refractivity (Wildman–Crippen MR) is 63.2 cm³/mol. The molecule has 90 valence electrons. The Kier molecular flexibility index (Phi) is 23.5. The number of hydrogen-bond acceptors (Lipinski definition) is 5. The van der Waals surface area contributed by atoms with Crippen LogP contribution < -0.4 is 22.5 Å². The summed E-state index contributed by atoms with van der Waals surface area (Å²) in [7, 11) is 4.50. The van der Waals surface area contributed by atoms with Gasteiger partial charge in [0.2, 0.25) is 5.91 Å². The summed E-state index contributed by atoms with van der Waals surface area (Å²) in [5.41, 5.74) is 14.2. The average molecular weight is 218 g/mol. The SMILES string of the molecule is CC(=O)Nc1cn[nH]c1.CN.CN.CN. The second-order valence-corrected chi connectivity index (χ2v) is 1.67. The van der Waals surface area contributed by atoms with Gasteiger partial charge in [-0.2, -0.15) is 5.10 Å². The lowest BCUT2D eigenvalue weighted by Crippen LogP contribution is -2.04. The highest BCUT2D eigenvalue weighted by Gasteiger charge is 1.92. The second-order valence-electron chi connectivity index (χ2n) is 1.67. The Morgan fingerprint density at radius 3 is 2.00 bits per heavy atom. The molecule has 0 bridgehead atoms. The maximum atomic E-state index is 10.4. The van der Waals surface area contributed by atoms with Gasteiger partial charge >= 0.3 is 0 Å². The molecule has 0 saturated carbocycles. The molecule has 0 saturated heterocycles. The van der Waals surface area contributed by atoms with Crippen molar-refractivity contribution in [1.82, 2.24) is 10.2 Å². The van der Waals surface area contributed by atoms with Crippen LogP contribution in [-0.2, 0) is 4.79 Å². The fraction of sp³-hybridized carbons (Fsp3) is 0.500. The summed E-state index contributed by atoms with van der Waals surface area (Å²) < 4.78 is 0. The zero-order valence-electron chi connectivity index (χ0n) is 9.74. The fourth-order valence-electron chi connectivity index (χ4n) is 0.523. The lowest BCUT2D eigenvalue weighted by atomic mass is 10.5. The van der Waals surface area contributed by atoms with Crippen LogP contribution in [0, 0.1) is 0 Å². The minimum atomic E-state index is -0.0867. The molecule has 0 aliphatic carbocycles. The van der Waals surface area contributed by atoms with Crippen molar-refractivity contribution >= 4 is 11.6 Å². The van der Waals surface area contributed by atoms with Gasteiger partial charge in [-0.1, -0.05) is 0 Å². The quantitative estimate of drug-likeness (QED) is 0.416. The monoisotopic (exact) mass is 218 g/mol. The highest BCUT2D eigenvalue weighted by Crippen LogP contribution is 1.98. The predicted octanol–water partition coefficient (Wildman–Crippen LogP) is -0.907. The van der Waals surface area contributed by atoms with Crippen LogP contribution in [-0.4, -0.2) is 37.2 Å². The minimum absolute atomic E-state index is 0.0867. The Morgan fingerprint density at radius 2 is 1.73 bits per heavy atom. The van der Waals surface area contributed by atoms with E-state index >= 15 is 0 Å². The number of carbonyl (C=O) groups excluding carboxylic acids is 1. The molecule has 1 heterocycles. The first-order valence-corrected chi connectivity index (χ1v) is 4.28. The van der Waals surface area contributed by atoms with E-state index in [0.717, 1.165) is 0 Å². The fourth-order valence-corrected chi connectivity index (χ4v) is 0.523. The highest BCUT2D eigenvalue weighted by atomic mass is 16.1. The summed E-state index contributed by atoms with van der Waals surface area (Å²) in [6.07, 6.45) is 3.16. The van der Waals surface area contributed by atoms with Crippen LogP contribution in [0.3, 0.4) is 0 Å². The molecule has 0 fully saturated rings. The number of rotatable bonds is 1. The molecule has 1 amide bonds. The molecule has 8 N–H and O–H groups in total. The number of hydrogen-bond donors (Lipinski definition) is 5. The molecule has 1 aromatic rings. The van der Waals surface area contributed by atoms with Crippen molar-refractivity contribution < 1.29 is 4.79 Å². The molecule has 0 aliphatic rings. The van der Waals surface area contributed by atoms with E-state index in [1.54, 1.807) is 12.4 Å². The number of nitrogens with one attached hydrogen (secondary N) is 2. The van der Waals surface area contributed by atoms with Gasteiger partial charge in [-0.25, -0.2) is 0 Å². The van der Waals surface area contributed by atoms with E-state index in [1.807, 2.05) is 0 Å². The largest absolute Gasteiger partial charge is 0.333 e. The number of amides is 1. The highest BCUT2D eigenvalue weighted by molar-refractivity contribution is 5.88. The third-order valence-corrected chi connectivity index (χ3v) is 0.819. The van der Waals surface area contributed by atoms with Gasteiger partial charge in [0.05, 0.1) is 11.9 Å². The number of H-pyrrole nitrogens is 1. The van der Waals surface area contributed by atoms with E-state index in [1.165, 1.54) is 28.1 Å². The van der Waals surface area contributed by atoms with Crippen molar-refractivity contribution in [3.8, 4) is 0 Å². The van der Waals surface area contributed by atoms with Gasteiger partial charge < -0.3 is 22.5 Å². The molecule has 7 heteroatoms. The van der Waals surface area contributed by atoms with E-state index in [4.69, 9.17) is 0 Å². The summed E-state index contributed by atoms with van der Waals surface area (Å²) in [6.45, 7) is 1.45. The molecule has 0 radical (unpaired) electrons. The molecule has 0 atom stereocenters. The van der Waals surface area contributed by atoms with E-state index in [2.05, 4.69) is 32.7 Å². The summed E-state index contributed by atoms with van der Waals surface area (Å²) in [5.74, 6) is -0.0867. The average Bonchev–Trinajstić information content (AvgIpc) is 2.78. The van der Waals surface area contributed by atoms with Crippen LogP contribution in [0.15, 0.2) is 12.4 Å². The van der Waals surface area contributed by atoms with Gasteiger partial charge in [0, 0.05) is 13.1 Å². The van der Waals surface area contributed by atoms with Crippen molar-refractivity contribution in [2.24, 2.45) is 17.2 Å². The Bertz CT molecular complexity index is 199. The molecular weight excluding hydrogens is 196 g/mol. The molecular formula is C8H22N6O. The van der Waals surface area contributed by atoms with E-state index in [-0.39, 0.29) is 5.91 Å². The van der Waals surface area contributed by atoms with Gasteiger partial charge in [-0.05, 0) is 21.1 Å². The van der Waals surface area contributed by atoms with Gasteiger partial charge in [0.1, 0.15) is 0 Å². The maximum Gasteiger partial charge on any atom is 0.221 e. The molecule has 0 aliphatic heterocycles. The van der Waals surface area contributed by atoms with Crippen molar-refractivity contribution in [2.45, 2.75) is 6.92 Å². The first-order valence-electron chi connectivity index (χ1n) is 4.28. The maximum absolute atomic E-state index is 10.4. The van der Waals surface area contributed by atoms with E-state index in [9.17, 15) is 4.79 Å². The third-order valence-electron chi connectivity index (χ3n) is 0.819. The summed E-state index contributed by atoms with van der Waals surface area (Å²) in [4.78, 5) is 10.4. The van der Waals surface area contributed by atoms with Crippen molar-refractivity contribution in [3.63, 3.8) is 0 Å². The Balaban J connectivity index is -0.000000208. The van der Waals surface area contributed by atoms with Gasteiger partial charge in [0.25, 0.3) is 0 Å². The van der Waals surface area contributed by atoms with E-state index < -0.39 is 0 Å². The second kappa shape index (κ2) is 18.4. The Morgan fingerprint density at radius 1 is 1.27 bits per heavy atom. The van der Waals surface area contributed by atoms with Gasteiger partial charge in [0.15, 0.2) is 0 Å². The number of anilines is 1. The summed E-state index contributed by atoms with van der Waals surface area (Å²) in [6, 6.07) is 0. The molecule has 15 heavy (non-hydrogen) atoms. The topological polar surface area (TPSA) is 136 Å². The number of carbonyl (C=O) groups is 1. The normalized spacial score (nSPS) is 6.60. The Hall–Kier alpha value is -1.44. The molecule has 1 rings (SSSR count). The third kappa shape index (κ3) is 15.3. The summed E-state index contributed by atoms with van der Waals surface area (Å²) in [5, 5.41) is 8.76. The van der Waals surface area contributed by atoms with Crippen LogP contribution in [0.2, 0.25) is 0 Å². The first-order chi connectivity index (χ1) is 7.29. The molecule has 0 unspecified atom stereocenters. The van der Waals surface area contributed by atoms with Gasteiger partial charge in [-0.15, -0.1) is 0 Å². The summed E-state index contributed by atoms with van der Waals surface area (Å²) >= 11 is 0. The zero-order chi connectivity index (χ0) is 12.7. The standard InChI is InChI=1S/C5H7N3O.3CH5N/c1-4(9)8-5-2-6-7-3-5;3*1-2/h2-3H,1H3,(H,6,7)(H,8,9);3*2H2,1H3. The lowest BCUT2D eigenvalue weighted by Gasteiger charge is -1.91. The van der Waals surface area contributed by atoms with Crippen LogP contribution in [0.4, 0.5) is 5.69 Å². The van der Waals surface area contributed by atoms with Crippen LogP contribution in [0.25, 0.3) is 0 Å². The van der Waals surface area contributed by atoms with E-state index in [0.29, 0.717) is 5.69 Å². The molecule has 0 spiro atoms. The van der Waals surface area contributed by atoms with Crippen molar-refractivity contribution in [3.05, 3.63) is 12.4 Å². The van der Waals surface area contributed by atoms with Crippen molar-refractivity contribution in [1.29, 1.82) is 0 Å². The van der Waals surface area contributed by atoms with Gasteiger partial charge in [-0.3, -0.25) is 9.89 Å². The minimum Gasteiger partial charge on any atom is -0.333 e. The molecule has 1 aromatic heterocycles. The number of aromatic nitrogens is 2. The number of aromatic amines is 1. The van der Waals surface area contributed by atoms with Crippen LogP contribution in [0.5, 0.6) is 0 Å². The number of nitrogens with zero attached hydrogens (tertiary/aromatic N) is 1.